The Morgan fingerprint density at radius 2 is 2.33 bits per heavy atom. The van der Waals surface area contributed by atoms with E-state index in [0.717, 1.165) is 25.9 Å². The van der Waals surface area contributed by atoms with Crippen LogP contribution in [0.3, 0.4) is 0 Å². The van der Waals surface area contributed by atoms with E-state index in [1.54, 1.807) is 4.90 Å². The van der Waals surface area contributed by atoms with Gasteiger partial charge in [-0.25, -0.2) is 4.79 Å². The van der Waals surface area contributed by atoms with E-state index in [9.17, 15) is 4.79 Å². The number of nitrogens with zero attached hydrogens (tertiary/aromatic N) is 1. The number of hydrogen-bond donors (Lipinski definition) is 0. The van der Waals surface area contributed by atoms with Crippen molar-refractivity contribution >= 4 is 28.7 Å². The molecule has 1 aliphatic heterocycles. The zero-order chi connectivity index (χ0) is 8.97. The van der Waals surface area contributed by atoms with Crippen molar-refractivity contribution in [2.75, 3.05) is 19.7 Å². The molecule has 0 atom stereocenters. The van der Waals surface area contributed by atoms with Gasteiger partial charge in [-0.05, 0) is 6.42 Å². The summed E-state index contributed by atoms with van der Waals surface area (Å²) < 4.78 is 5.64. The van der Waals surface area contributed by atoms with Gasteiger partial charge >= 0.3 is 6.09 Å². The third kappa shape index (κ3) is 2.80. The van der Waals surface area contributed by atoms with Crippen molar-refractivity contribution in [3.8, 4) is 0 Å². The van der Waals surface area contributed by atoms with Gasteiger partial charge in [0.2, 0.25) is 0 Å². The minimum absolute atomic E-state index is 0.142. The van der Waals surface area contributed by atoms with Crippen LogP contribution in [-0.2, 0) is 4.74 Å². The number of alkyl halides is 1. The summed E-state index contributed by atoms with van der Waals surface area (Å²) in [5.41, 5.74) is 0. The maximum Gasteiger partial charge on any atom is 0.409 e. The smallest absolute Gasteiger partial charge is 0.409 e. The third-order valence-corrected chi connectivity index (χ3v) is 2.61. The number of hydrogen-bond acceptors (Lipinski definition) is 2. The number of rotatable bonds is 3. The van der Waals surface area contributed by atoms with E-state index in [1.807, 2.05) is 0 Å². The Morgan fingerprint density at radius 3 is 2.83 bits per heavy atom. The second kappa shape index (κ2) is 4.89. The molecule has 0 spiro atoms. The van der Waals surface area contributed by atoms with Gasteiger partial charge in [-0.15, -0.1) is 0 Å². The summed E-state index contributed by atoms with van der Waals surface area (Å²) in [4.78, 5) is 12.9. The molecule has 12 heavy (non-hydrogen) atoms. The van der Waals surface area contributed by atoms with E-state index < -0.39 is 0 Å². The fraction of sp³-hybridized carbons (Fsp3) is 0.875. The van der Waals surface area contributed by atoms with Gasteiger partial charge in [-0.1, -0.05) is 35.9 Å². The highest BCUT2D eigenvalue weighted by molar-refractivity contribution is 14.1. The van der Waals surface area contributed by atoms with Gasteiger partial charge in [0, 0.05) is 17.0 Å². The van der Waals surface area contributed by atoms with Crippen molar-refractivity contribution < 1.29 is 9.53 Å². The molecule has 0 N–H and O–H groups in total. The van der Waals surface area contributed by atoms with Crippen molar-refractivity contribution in [2.45, 2.75) is 23.7 Å². The van der Waals surface area contributed by atoms with Crippen LogP contribution in [0.1, 0.15) is 19.8 Å². The monoisotopic (exact) mass is 283 g/mol. The van der Waals surface area contributed by atoms with Gasteiger partial charge in [0.05, 0.1) is 6.61 Å². The summed E-state index contributed by atoms with van der Waals surface area (Å²) in [7, 11) is 0. The molecule has 0 radical (unpaired) electrons. The maximum atomic E-state index is 11.1. The molecule has 0 aliphatic carbocycles. The Balaban J connectivity index is 2.04. The first kappa shape index (κ1) is 10.1. The van der Waals surface area contributed by atoms with Crippen LogP contribution in [-0.4, -0.2) is 34.6 Å². The summed E-state index contributed by atoms with van der Waals surface area (Å²) in [6.07, 6.45) is 1.89. The normalized spacial score (nSPS) is 17.3. The molecule has 0 unspecified atom stereocenters. The van der Waals surface area contributed by atoms with E-state index in [-0.39, 0.29) is 6.09 Å². The Kier molecular flexibility index (Phi) is 4.11. The van der Waals surface area contributed by atoms with Crippen molar-refractivity contribution in [2.24, 2.45) is 0 Å². The van der Waals surface area contributed by atoms with Gasteiger partial charge in [0.25, 0.3) is 0 Å². The Labute approximate surface area is 86.6 Å². The first-order valence-corrected chi connectivity index (χ1v) is 5.54. The van der Waals surface area contributed by atoms with Crippen LogP contribution in [0.15, 0.2) is 0 Å². The number of ether oxygens (including phenoxy) is 1. The fourth-order valence-electron chi connectivity index (χ4n) is 0.969. The number of carbonyl (C=O) groups excluding carboxylic acids is 1. The average molecular weight is 283 g/mol. The van der Waals surface area contributed by atoms with Crippen molar-refractivity contribution in [1.29, 1.82) is 0 Å². The minimum atomic E-state index is -0.142. The summed E-state index contributed by atoms with van der Waals surface area (Å²) in [5.74, 6) is 0. The van der Waals surface area contributed by atoms with Gasteiger partial charge in [0.15, 0.2) is 0 Å². The quantitative estimate of drug-likeness (QED) is 0.450. The van der Waals surface area contributed by atoms with Crippen molar-refractivity contribution in [1.82, 2.24) is 4.90 Å². The van der Waals surface area contributed by atoms with E-state index in [1.165, 1.54) is 0 Å². The predicted octanol–water partition coefficient (Wildman–Crippen LogP) is 2.04. The second-order valence-electron chi connectivity index (χ2n) is 2.97. The number of carbonyl (C=O) groups is 1. The molecular weight excluding hydrogens is 269 g/mol. The molecule has 4 heteroatoms. The minimum Gasteiger partial charge on any atom is -0.449 e. The molecule has 1 aliphatic rings. The highest BCUT2D eigenvalue weighted by Crippen LogP contribution is 2.17. The van der Waals surface area contributed by atoms with Crippen LogP contribution in [0, 0.1) is 0 Å². The lowest BCUT2D eigenvalue weighted by molar-refractivity contribution is 0.0840. The molecular formula is C8H14INO2. The van der Waals surface area contributed by atoms with Crippen LogP contribution >= 0.6 is 22.6 Å². The SMILES string of the molecule is CCCCOC(=O)N1CC(I)C1. The number of likely N-dealkylation sites (tertiary alicyclic amines) is 1. The van der Waals surface area contributed by atoms with Crippen molar-refractivity contribution in [3.05, 3.63) is 0 Å². The van der Waals surface area contributed by atoms with E-state index in [4.69, 9.17) is 4.74 Å². The maximum absolute atomic E-state index is 11.1. The molecule has 0 saturated carbocycles. The van der Waals surface area contributed by atoms with Crippen LogP contribution in [0.2, 0.25) is 0 Å². The van der Waals surface area contributed by atoms with E-state index in [0.29, 0.717) is 10.5 Å². The third-order valence-electron chi connectivity index (χ3n) is 1.82. The highest BCUT2D eigenvalue weighted by atomic mass is 127. The lowest BCUT2D eigenvalue weighted by Gasteiger charge is -2.34. The molecule has 70 valence electrons. The topological polar surface area (TPSA) is 29.5 Å². The Morgan fingerprint density at radius 1 is 1.67 bits per heavy atom. The van der Waals surface area contributed by atoms with Crippen LogP contribution in [0.25, 0.3) is 0 Å². The van der Waals surface area contributed by atoms with E-state index in [2.05, 4.69) is 29.5 Å². The summed E-state index contributed by atoms with van der Waals surface area (Å²) >= 11 is 2.34. The molecule has 0 bridgehead atoms. The van der Waals surface area contributed by atoms with E-state index >= 15 is 0 Å². The van der Waals surface area contributed by atoms with Crippen LogP contribution in [0.4, 0.5) is 4.79 Å². The fourth-order valence-corrected chi connectivity index (χ4v) is 1.92. The summed E-state index contributed by atoms with van der Waals surface area (Å²) in [6, 6.07) is 0. The molecule has 1 heterocycles. The Bertz CT molecular complexity index is 157. The lowest BCUT2D eigenvalue weighted by atomic mass is 10.2. The summed E-state index contributed by atoms with van der Waals surface area (Å²) in [5, 5.41) is 0. The first-order valence-electron chi connectivity index (χ1n) is 4.29. The van der Waals surface area contributed by atoms with Crippen molar-refractivity contribution in [3.63, 3.8) is 0 Å². The summed E-state index contributed by atoms with van der Waals surface area (Å²) in [6.45, 7) is 4.35. The molecule has 0 aromatic heterocycles. The zero-order valence-electron chi connectivity index (χ0n) is 7.25. The second-order valence-corrected chi connectivity index (χ2v) is 4.73. The highest BCUT2D eigenvalue weighted by Gasteiger charge is 2.29. The molecule has 3 nitrogen and oxygen atoms in total. The molecule has 1 saturated heterocycles. The number of amides is 1. The van der Waals surface area contributed by atoms with Gasteiger partial charge in [0.1, 0.15) is 0 Å². The lowest BCUT2D eigenvalue weighted by Crippen LogP contribution is -2.50. The van der Waals surface area contributed by atoms with Gasteiger partial charge < -0.3 is 9.64 Å². The van der Waals surface area contributed by atoms with Gasteiger partial charge in [-0.3, -0.25) is 0 Å². The number of halogens is 1. The van der Waals surface area contributed by atoms with Crippen LogP contribution < -0.4 is 0 Å². The molecule has 1 amide bonds. The largest absolute Gasteiger partial charge is 0.449 e. The zero-order valence-corrected chi connectivity index (χ0v) is 9.41. The molecule has 0 aromatic rings. The molecule has 1 rings (SSSR count). The first-order chi connectivity index (χ1) is 5.74. The molecule has 0 aromatic carbocycles. The predicted molar refractivity (Wildman–Crippen MR) is 55.6 cm³/mol. The number of unbranched alkanes of at least 4 members (excludes halogenated alkanes) is 1. The van der Waals surface area contributed by atoms with Crippen LogP contribution in [0.5, 0.6) is 0 Å². The average Bonchev–Trinajstić information content (AvgIpc) is 1.99. The molecule has 1 fully saturated rings. The Hall–Kier alpha value is 0. The van der Waals surface area contributed by atoms with Gasteiger partial charge in [-0.2, -0.15) is 0 Å². The standard InChI is InChI=1S/C8H14INO2/c1-2-3-4-12-8(11)10-5-7(9)6-10/h7H,2-6H2,1H3.